The molecule has 2 aliphatic rings. The number of ether oxygens (including phenoxy) is 2. The van der Waals surface area contributed by atoms with E-state index in [2.05, 4.69) is 32.5 Å². The molecule has 1 aromatic heterocycles. The second-order valence-electron chi connectivity index (χ2n) is 6.35. The zero-order chi connectivity index (χ0) is 16.4. The van der Waals surface area contributed by atoms with E-state index in [-0.39, 0.29) is 0 Å². The number of anilines is 1. The third-order valence-electron chi connectivity index (χ3n) is 4.59. The van der Waals surface area contributed by atoms with Crippen molar-refractivity contribution in [1.82, 2.24) is 15.5 Å². The van der Waals surface area contributed by atoms with Crippen LogP contribution in [0.15, 0.2) is 30.3 Å². The first-order valence-corrected chi connectivity index (χ1v) is 8.46. The molecule has 6 heteroatoms. The molecule has 2 aliphatic heterocycles. The van der Waals surface area contributed by atoms with E-state index >= 15 is 0 Å². The van der Waals surface area contributed by atoms with Crippen LogP contribution in [-0.4, -0.2) is 36.1 Å². The summed E-state index contributed by atoms with van der Waals surface area (Å²) in [5, 5.41) is 12.1. The fourth-order valence-corrected chi connectivity index (χ4v) is 3.30. The van der Waals surface area contributed by atoms with Crippen LogP contribution in [0, 0.1) is 6.92 Å². The third kappa shape index (κ3) is 3.14. The summed E-state index contributed by atoms with van der Waals surface area (Å²) in [4.78, 5) is 2.31. The van der Waals surface area contributed by atoms with Crippen molar-refractivity contribution in [3.8, 4) is 11.5 Å². The molecule has 4 rings (SSSR count). The molecule has 24 heavy (non-hydrogen) atoms. The number of hydrogen-bond acceptors (Lipinski definition) is 6. The van der Waals surface area contributed by atoms with Gasteiger partial charge in [0.05, 0.1) is 5.69 Å². The molecule has 1 saturated heterocycles. The van der Waals surface area contributed by atoms with Crippen molar-refractivity contribution >= 4 is 5.82 Å². The summed E-state index contributed by atoms with van der Waals surface area (Å²) >= 11 is 0. The Hall–Kier alpha value is -2.34. The summed E-state index contributed by atoms with van der Waals surface area (Å²) in [6, 6.07) is 10.6. The predicted molar refractivity (Wildman–Crippen MR) is 91.4 cm³/mol. The van der Waals surface area contributed by atoms with E-state index in [1.54, 1.807) is 0 Å². The summed E-state index contributed by atoms with van der Waals surface area (Å²) in [5.74, 6) is 2.68. The number of rotatable bonds is 4. The first-order valence-electron chi connectivity index (χ1n) is 8.46. The van der Waals surface area contributed by atoms with Crippen molar-refractivity contribution in [2.45, 2.75) is 32.4 Å². The van der Waals surface area contributed by atoms with Gasteiger partial charge in [-0.3, -0.25) is 0 Å². The van der Waals surface area contributed by atoms with Crippen molar-refractivity contribution < 1.29 is 9.47 Å². The minimum atomic E-state index is 0.315. The quantitative estimate of drug-likeness (QED) is 0.930. The average Bonchev–Trinajstić information content (AvgIpc) is 3.10. The second-order valence-corrected chi connectivity index (χ2v) is 6.35. The molecule has 0 radical (unpaired) electrons. The number of para-hydroxylation sites is 1. The molecule has 0 bridgehead atoms. The van der Waals surface area contributed by atoms with E-state index in [1.807, 2.05) is 25.1 Å². The highest BCUT2D eigenvalue weighted by molar-refractivity contribution is 5.48. The maximum absolute atomic E-state index is 5.58. The van der Waals surface area contributed by atoms with Gasteiger partial charge in [-0.1, -0.05) is 12.1 Å². The number of benzene rings is 1. The van der Waals surface area contributed by atoms with Crippen molar-refractivity contribution in [2.24, 2.45) is 0 Å². The molecule has 1 atom stereocenters. The predicted octanol–water partition coefficient (Wildman–Crippen LogP) is 2.27. The molecule has 0 amide bonds. The highest BCUT2D eigenvalue weighted by atomic mass is 16.7. The van der Waals surface area contributed by atoms with Gasteiger partial charge >= 0.3 is 0 Å². The van der Waals surface area contributed by atoms with Crippen LogP contribution in [0.25, 0.3) is 0 Å². The van der Waals surface area contributed by atoms with Gasteiger partial charge in [-0.2, -0.15) is 5.10 Å². The van der Waals surface area contributed by atoms with E-state index in [0.29, 0.717) is 12.8 Å². The largest absolute Gasteiger partial charge is 0.454 e. The molecular weight excluding hydrogens is 304 g/mol. The van der Waals surface area contributed by atoms with Gasteiger partial charge in [-0.25, -0.2) is 0 Å². The van der Waals surface area contributed by atoms with Crippen LogP contribution in [0.3, 0.4) is 0 Å². The van der Waals surface area contributed by atoms with Crippen LogP contribution >= 0.6 is 0 Å². The van der Waals surface area contributed by atoms with E-state index in [4.69, 9.17) is 9.47 Å². The van der Waals surface area contributed by atoms with Crippen molar-refractivity contribution in [3.63, 3.8) is 0 Å². The Morgan fingerprint density at radius 2 is 2.17 bits per heavy atom. The van der Waals surface area contributed by atoms with Gasteiger partial charge in [-0.05, 0) is 38.0 Å². The second kappa shape index (κ2) is 6.65. The molecule has 1 fully saturated rings. The summed E-state index contributed by atoms with van der Waals surface area (Å²) in [5.41, 5.74) is 2.10. The molecule has 6 nitrogen and oxygen atoms in total. The monoisotopic (exact) mass is 326 g/mol. The number of nitrogens with one attached hydrogen (secondary N) is 1. The van der Waals surface area contributed by atoms with Gasteiger partial charge in [0, 0.05) is 31.2 Å². The summed E-state index contributed by atoms with van der Waals surface area (Å²) in [6.07, 6.45) is 2.32. The van der Waals surface area contributed by atoms with Crippen molar-refractivity contribution in [3.05, 3.63) is 41.6 Å². The molecule has 0 aliphatic carbocycles. The van der Waals surface area contributed by atoms with Crippen LogP contribution < -0.4 is 19.7 Å². The van der Waals surface area contributed by atoms with Crippen molar-refractivity contribution in [2.75, 3.05) is 24.8 Å². The smallest absolute Gasteiger partial charge is 0.231 e. The van der Waals surface area contributed by atoms with Crippen molar-refractivity contribution in [1.29, 1.82) is 0 Å². The first kappa shape index (κ1) is 15.2. The van der Waals surface area contributed by atoms with E-state index in [0.717, 1.165) is 54.6 Å². The summed E-state index contributed by atoms with van der Waals surface area (Å²) < 4.78 is 11.0. The Balaban J connectivity index is 1.39. The lowest BCUT2D eigenvalue weighted by Crippen LogP contribution is -2.45. The number of nitrogens with zero attached hydrogens (tertiary/aromatic N) is 3. The maximum atomic E-state index is 5.58. The number of aromatic nitrogens is 2. The van der Waals surface area contributed by atoms with Gasteiger partial charge < -0.3 is 19.7 Å². The van der Waals surface area contributed by atoms with Gasteiger partial charge in [0.25, 0.3) is 0 Å². The Kier molecular flexibility index (Phi) is 4.21. The zero-order valence-electron chi connectivity index (χ0n) is 13.9. The number of hydrogen-bond donors (Lipinski definition) is 1. The van der Waals surface area contributed by atoms with Gasteiger partial charge in [0.2, 0.25) is 6.79 Å². The molecule has 0 spiro atoms. The Morgan fingerprint density at radius 3 is 3.04 bits per heavy atom. The average molecular weight is 326 g/mol. The van der Waals surface area contributed by atoms with Crippen LogP contribution in [0.4, 0.5) is 5.82 Å². The molecule has 1 aromatic carbocycles. The van der Waals surface area contributed by atoms with E-state index in [9.17, 15) is 0 Å². The molecular formula is C18H22N4O2. The van der Waals surface area contributed by atoms with E-state index < -0.39 is 0 Å². The Morgan fingerprint density at radius 1 is 1.21 bits per heavy atom. The van der Waals surface area contributed by atoms with Gasteiger partial charge in [0.1, 0.15) is 0 Å². The zero-order valence-corrected chi connectivity index (χ0v) is 13.9. The molecule has 0 saturated carbocycles. The Bertz CT molecular complexity index is 705. The molecule has 126 valence electrons. The van der Waals surface area contributed by atoms with Crippen LogP contribution in [0.2, 0.25) is 0 Å². The van der Waals surface area contributed by atoms with Crippen LogP contribution in [-0.2, 0) is 6.54 Å². The minimum absolute atomic E-state index is 0.315. The number of piperidine rings is 1. The topological polar surface area (TPSA) is 59.5 Å². The lowest BCUT2D eigenvalue weighted by molar-refractivity contribution is 0.173. The SMILES string of the molecule is Cc1ccc(N2CCCC(NCc3cccc4c3OCO4)C2)nn1. The normalized spacial score (nSPS) is 19.5. The maximum Gasteiger partial charge on any atom is 0.231 e. The highest BCUT2D eigenvalue weighted by Crippen LogP contribution is 2.35. The molecule has 1 unspecified atom stereocenters. The first-order chi connectivity index (χ1) is 11.8. The highest BCUT2D eigenvalue weighted by Gasteiger charge is 2.22. The molecule has 3 heterocycles. The third-order valence-corrected chi connectivity index (χ3v) is 4.59. The summed E-state index contributed by atoms with van der Waals surface area (Å²) in [7, 11) is 0. The molecule has 1 N–H and O–H groups in total. The lowest BCUT2D eigenvalue weighted by Gasteiger charge is -2.33. The van der Waals surface area contributed by atoms with Gasteiger partial charge in [-0.15, -0.1) is 5.10 Å². The lowest BCUT2D eigenvalue weighted by atomic mass is 10.0. The van der Waals surface area contributed by atoms with Gasteiger partial charge in [0.15, 0.2) is 17.3 Å². The van der Waals surface area contributed by atoms with Crippen LogP contribution in [0.1, 0.15) is 24.1 Å². The van der Waals surface area contributed by atoms with E-state index in [1.165, 1.54) is 6.42 Å². The molecule has 2 aromatic rings. The van der Waals surface area contributed by atoms with Crippen LogP contribution in [0.5, 0.6) is 11.5 Å². The fraction of sp³-hybridized carbons (Fsp3) is 0.444. The summed E-state index contributed by atoms with van der Waals surface area (Å²) in [6.45, 7) is 5.04. The number of fused-ring (bicyclic) bond motifs is 1. The fourth-order valence-electron chi connectivity index (χ4n) is 3.30. The number of aryl methyl sites for hydroxylation is 1. The minimum Gasteiger partial charge on any atom is -0.454 e. The Labute approximate surface area is 141 Å². The standard InChI is InChI=1S/C18H22N4O2/c1-13-7-8-17(21-20-13)22-9-3-5-15(11-22)19-10-14-4-2-6-16-18(14)24-12-23-16/h2,4,6-8,15,19H,3,5,9-12H2,1H3.